The highest BCUT2D eigenvalue weighted by Crippen LogP contribution is 2.28. The van der Waals surface area contributed by atoms with Crippen LogP contribution in [0.4, 0.5) is 5.69 Å². The summed E-state index contributed by atoms with van der Waals surface area (Å²) in [7, 11) is -3.69. The fraction of sp³-hybridized carbons (Fsp3) is 0.278. The molecule has 0 aliphatic rings. The van der Waals surface area contributed by atoms with Crippen molar-refractivity contribution in [2.24, 2.45) is 0 Å². The molecule has 2 aromatic rings. The Bertz CT molecular complexity index is 896. The van der Waals surface area contributed by atoms with Gasteiger partial charge in [-0.1, -0.05) is 43.6 Å². The van der Waals surface area contributed by atoms with Gasteiger partial charge in [-0.15, -0.1) is 0 Å². The molecule has 8 heteroatoms. The van der Waals surface area contributed by atoms with E-state index >= 15 is 0 Å². The third-order valence-electron chi connectivity index (χ3n) is 3.89. The fourth-order valence-electron chi connectivity index (χ4n) is 2.50. The molecule has 0 bridgehead atoms. The van der Waals surface area contributed by atoms with Crippen molar-refractivity contribution >= 4 is 33.2 Å². The molecule has 140 valence electrons. The molecular formula is C18H21ClN2O4S. The van der Waals surface area contributed by atoms with Crippen LogP contribution in [0.3, 0.4) is 0 Å². The summed E-state index contributed by atoms with van der Waals surface area (Å²) in [6.07, 6.45) is 0.00609. The molecule has 0 heterocycles. The molecule has 0 spiro atoms. The minimum Gasteiger partial charge on any atom is -0.506 e. The van der Waals surface area contributed by atoms with Gasteiger partial charge in [-0.05, 0) is 29.8 Å². The van der Waals surface area contributed by atoms with Gasteiger partial charge < -0.3 is 10.4 Å². The van der Waals surface area contributed by atoms with E-state index < -0.39 is 15.9 Å². The third kappa shape index (κ3) is 4.55. The van der Waals surface area contributed by atoms with E-state index in [9.17, 15) is 18.3 Å². The Balaban J connectivity index is 2.25. The van der Waals surface area contributed by atoms with Crippen LogP contribution in [0.1, 0.15) is 19.4 Å². The number of nitrogens with one attached hydrogen (secondary N) is 1. The van der Waals surface area contributed by atoms with Gasteiger partial charge in [0.1, 0.15) is 5.75 Å². The van der Waals surface area contributed by atoms with Crippen LogP contribution in [-0.2, 0) is 21.2 Å². The van der Waals surface area contributed by atoms with Crippen molar-refractivity contribution in [3.05, 3.63) is 53.1 Å². The van der Waals surface area contributed by atoms with Gasteiger partial charge in [0.15, 0.2) is 0 Å². The number of rotatable bonds is 7. The van der Waals surface area contributed by atoms with E-state index in [0.29, 0.717) is 23.7 Å². The molecule has 26 heavy (non-hydrogen) atoms. The molecule has 2 aromatic carbocycles. The molecule has 6 nitrogen and oxygen atoms in total. The third-order valence-corrected chi connectivity index (χ3v) is 6.31. The van der Waals surface area contributed by atoms with Gasteiger partial charge in [0.05, 0.1) is 17.0 Å². The Labute approximate surface area is 158 Å². The van der Waals surface area contributed by atoms with E-state index in [1.165, 1.54) is 22.5 Å². The zero-order valence-corrected chi connectivity index (χ0v) is 16.1. The largest absolute Gasteiger partial charge is 0.506 e. The lowest BCUT2D eigenvalue weighted by molar-refractivity contribution is -0.115. The number of carbonyl (C=O) groups is 1. The number of amides is 1. The molecule has 2 rings (SSSR count). The minimum atomic E-state index is -3.69. The first-order valence-corrected chi connectivity index (χ1v) is 9.97. The SMILES string of the molecule is CCN(CC)S(=O)(=O)c1ccc(O)c(NC(=O)Cc2ccccc2Cl)c1. The zero-order chi connectivity index (χ0) is 19.3. The second-order valence-electron chi connectivity index (χ2n) is 5.58. The molecule has 0 aliphatic carbocycles. The predicted molar refractivity (Wildman–Crippen MR) is 102 cm³/mol. The van der Waals surface area contributed by atoms with Crippen molar-refractivity contribution in [3.8, 4) is 5.75 Å². The van der Waals surface area contributed by atoms with Gasteiger partial charge >= 0.3 is 0 Å². The minimum absolute atomic E-state index is 0.00609. The molecule has 0 saturated heterocycles. The van der Waals surface area contributed by atoms with Crippen LogP contribution in [0.25, 0.3) is 0 Å². The number of carbonyl (C=O) groups excluding carboxylic acids is 1. The van der Waals surface area contributed by atoms with E-state index in [1.807, 2.05) is 0 Å². The van der Waals surface area contributed by atoms with Gasteiger partial charge in [-0.25, -0.2) is 8.42 Å². The van der Waals surface area contributed by atoms with Crippen LogP contribution in [0.2, 0.25) is 5.02 Å². The van der Waals surface area contributed by atoms with Crippen LogP contribution < -0.4 is 5.32 Å². The highest BCUT2D eigenvalue weighted by molar-refractivity contribution is 7.89. The number of hydrogen-bond acceptors (Lipinski definition) is 4. The highest BCUT2D eigenvalue weighted by atomic mass is 35.5. The first-order chi connectivity index (χ1) is 12.3. The van der Waals surface area contributed by atoms with E-state index in [2.05, 4.69) is 5.32 Å². The van der Waals surface area contributed by atoms with Crippen molar-refractivity contribution in [3.63, 3.8) is 0 Å². The van der Waals surface area contributed by atoms with Gasteiger partial charge in [0.25, 0.3) is 0 Å². The summed E-state index contributed by atoms with van der Waals surface area (Å²) in [5.74, 6) is -0.623. The van der Waals surface area contributed by atoms with Gasteiger partial charge in [0, 0.05) is 18.1 Å². The first-order valence-electron chi connectivity index (χ1n) is 8.16. The summed E-state index contributed by atoms with van der Waals surface area (Å²) in [5, 5.41) is 13.0. The number of phenolic OH excluding ortho intramolecular Hbond substituents is 1. The first kappa shape index (κ1) is 20.2. The lowest BCUT2D eigenvalue weighted by Gasteiger charge is -2.19. The number of sulfonamides is 1. The van der Waals surface area contributed by atoms with Crippen molar-refractivity contribution < 1.29 is 18.3 Å². The molecule has 0 atom stereocenters. The summed E-state index contributed by atoms with van der Waals surface area (Å²) in [6, 6.07) is 10.8. The lowest BCUT2D eigenvalue weighted by Crippen LogP contribution is -2.30. The molecule has 0 radical (unpaired) electrons. The number of nitrogens with zero attached hydrogens (tertiary/aromatic N) is 1. The van der Waals surface area contributed by atoms with Crippen molar-refractivity contribution in [2.45, 2.75) is 25.2 Å². The Morgan fingerprint density at radius 1 is 1.15 bits per heavy atom. The van der Waals surface area contributed by atoms with Gasteiger partial charge in [-0.3, -0.25) is 4.79 Å². The molecule has 0 aromatic heterocycles. The lowest BCUT2D eigenvalue weighted by atomic mass is 10.1. The summed E-state index contributed by atoms with van der Waals surface area (Å²) < 4.78 is 26.5. The van der Waals surface area contributed by atoms with Crippen LogP contribution in [0.5, 0.6) is 5.75 Å². The fourth-order valence-corrected chi connectivity index (χ4v) is 4.18. The Morgan fingerprint density at radius 3 is 2.42 bits per heavy atom. The number of phenols is 1. The van der Waals surface area contributed by atoms with E-state index in [4.69, 9.17) is 11.6 Å². The summed E-state index contributed by atoms with van der Waals surface area (Å²) in [5.41, 5.74) is 0.674. The van der Waals surface area contributed by atoms with Crippen molar-refractivity contribution in [2.75, 3.05) is 18.4 Å². The molecule has 0 unspecified atom stereocenters. The standard InChI is InChI=1S/C18H21ClN2O4S/c1-3-21(4-2)26(24,25)14-9-10-17(22)16(12-14)20-18(23)11-13-7-5-6-8-15(13)19/h5-10,12,22H,3-4,11H2,1-2H3,(H,20,23). The van der Waals surface area contributed by atoms with E-state index in [0.717, 1.165) is 0 Å². The molecular weight excluding hydrogens is 376 g/mol. The van der Waals surface area contributed by atoms with Crippen LogP contribution in [0.15, 0.2) is 47.4 Å². The Hall–Kier alpha value is -2.09. The smallest absolute Gasteiger partial charge is 0.243 e. The maximum atomic E-state index is 12.6. The average molecular weight is 397 g/mol. The highest BCUT2D eigenvalue weighted by Gasteiger charge is 2.23. The Morgan fingerprint density at radius 2 is 1.81 bits per heavy atom. The second-order valence-corrected chi connectivity index (χ2v) is 7.93. The zero-order valence-electron chi connectivity index (χ0n) is 14.6. The molecule has 2 N–H and O–H groups in total. The second kappa shape index (κ2) is 8.53. The van der Waals surface area contributed by atoms with Crippen LogP contribution >= 0.6 is 11.6 Å². The maximum Gasteiger partial charge on any atom is 0.243 e. The van der Waals surface area contributed by atoms with E-state index in [1.54, 1.807) is 38.1 Å². The number of hydrogen-bond donors (Lipinski definition) is 2. The Kier molecular flexibility index (Phi) is 6.63. The topological polar surface area (TPSA) is 86.7 Å². The molecule has 0 fully saturated rings. The summed E-state index contributed by atoms with van der Waals surface area (Å²) in [6.45, 7) is 4.14. The normalized spacial score (nSPS) is 11.5. The quantitative estimate of drug-likeness (QED) is 0.703. The molecule has 0 saturated carbocycles. The predicted octanol–water partition coefficient (Wildman–Crippen LogP) is 3.26. The van der Waals surface area contributed by atoms with Crippen molar-refractivity contribution in [1.82, 2.24) is 4.31 Å². The number of anilines is 1. The maximum absolute atomic E-state index is 12.6. The monoisotopic (exact) mass is 396 g/mol. The van der Waals surface area contributed by atoms with Crippen molar-refractivity contribution in [1.29, 1.82) is 0 Å². The molecule has 1 amide bonds. The number of benzene rings is 2. The summed E-state index contributed by atoms with van der Waals surface area (Å²) in [4.78, 5) is 12.3. The summed E-state index contributed by atoms with van der Waals surface area (Å²) >= 11 is 6.04. The van der Waals surface area contributed by atoms with Crippen LogP contribution in [0, 0.1) is 0 Å². The van der Waals surface area contributed by atoms with Gasteiger partial charge in [0.2, 0.25) is 15.9 Å². The average Bonchev–Trinajstić information content (AvgIpc) is 2.59. The molecule has 0 aliphatic heterocycles. The van der Waals surface area contributed by atoms with Crippen LogP contribution in [-0.4, -0.2) is 36.8 Å². The number of halogens is 1. The van der Waals surface area contributed by atoms with E-state index in [-0.39, 0.29) is 22.8 Å². The van der Waals surface area contributed by atoms with Gasteiger partial charge in [-0.2, -0.15) is 4.31 Å². The number of aromatic hydroxyl groups is 1.